The number of hydrogen-bond acceptors (Lipinski definition) is 10. The van der Waals surface area contributed by atoms with E-state index in [2.05, 4.69) is 41.7 Å². The van der Waals surface area contributed by atoms with E-state index >= 15 is 0 Å². The van der Waals surface area contributed by atoms with Gasteiger partial charge in [-0.1, -0.05) is 50.2 Å². The van der Waals surface area contributed by atoms with Gasteiger partial charge in [-0.15, -0.1) is 30.0 Å². The molecule has 0 unspecified atom stereocenters. The van der Waals surface area contributed by atoms with E-state index in [1.165, 1.54) is 9.59 Å². The van der Waals surface area contributed by atoms with Crippen molar-refractivity contribution in [3.05, 3.63) is 95.1 Å². The number of carbonyl (C=O) groups excluding carboxylic acids is 4. The summed E-state index contributed by atoms with van der Waals surface area (Å²) in [5.41, 5.74) is 6.01. The van der Waals surface area contributed by atoms with E-state index in [-0.39, 0.29) is 36.7 Å². The SMILES string of the molecule is CCc1cc(CNC(=O)C(=O)NC2CCC(NC(=O)C(=O)NCc3cc(CC)cc(-n4nc5ccccc5n4)c3O)CC2)c(O)c(-n2nc3ccccc3n2)c1. The fourth-order valence-corrected chi connectivity index (χ4v) is 6.80. The molecule has 6 N–H and O–H groups in total. The normalized spacial score (nSPS) is 15.4. The molecule has 6 aromatic rings. The summed E-state index contributed by atoms with van der Waals surface area (Å²) in [6.07, 6.45) is 3.25. The highest BCUT2D eigenvalue weighted by molar-refractivity contribution is 6.35. The lowest BCUT2D eigenvalue weighted by atomic mass is 9.91. The molecular weight excluding hydrogens is 717 g/mol. The number of phenols is 2. The second-order valence-electron chi connectivity index (χ2n) is 13.8. The van der Waals surface area contributed by atoms with Gasteiger partial charge in [0.05, 0.1) is 0 Å². The van der Waals surface area contributed by atoms with Crippen LogP contribution in [0.5, 0.6) is 11.5 Å². The van der Waals surface area contributed by atoms with Gasteiger partial charge >= 0.3 is 23.6 Å². The minimum absolute atomic E-state index is 0.0930. The fraction of sp³-hybridized carbons (Fsp3) is 0.300. The topological polar surface area (TPSA) is 218 Å². The zero-order chi connectivity index (χ0) is 39.3. The molecule has 2 heterocycles. The lowest BCUT2D eigenvalue weighted by molar-refractivity contribution is -0.140. The van der Waals surface area contributed by atoms with Crippen molar-refractivity contribution in [1.82, 2.24) is 51.3 Å². The molecule has 1 fully saturated rings. The van der Waals surface area contributed by atoms with Gasteiger partial charge in [0.2, 0.25) is 0 Å². The number of nitrogens with zero attached hydrogens (tertiary/aromatic N) is 6. The highest BCUT2D eigenvalue weighted by Crippen LogP contribution is 2.30. The van der Waals surface area contributed by atoms with Gasteiger partial charge in [0.25, 0.3) is 0 Å². The van der Waals surface area contributed by atoms with Crippen LogP contribution >= 0.6 is 0 Å². The van der Waals surface area contributed by atoms with Gasteiger partial charge in [-0.05, 0) is 86.1 Å². The van der Waals surface area contributed by atoms with Crippen molar-refractivity contribution in [2.75, 3.05) is 0 Å². The molecule has 288 valence electrons. The Hall–Kier alpha value is -6.84. The molecule has 16 nitrogen and oxygen atoms in total. The minimum atomic E-state index is -0.847. The molecule has 56 heavy (non-hydrogen) atoms. The summed E-state index contributed by atoms with van der Waals surface area (Å²) in [5, 5.41) is 50.7. The molecule has 1 aliphatic rings. The molecule has 4 amide bonds. The van der Waals surface area contributed by atoms with Crippen LogP contribution in [-0.2, 0) is 45.1 Å². The largest absolute Gasteiger partial charge is 0.505 e. The number of fused-ring (bicyclic) bond motifs is 2. The first-order valence-electron chi connectivity index (χ1n) is 18.6. The summed E-state index contributed by atoms with van der Waals surface area (Å²) in [6, 6.07) is 21.2. The van der Waals surface area contributed by atoms with Gasteiger partial charge < -0.3 is 31.5 Å². The maximum atomic E-state index is 12.8. The molecule has 1 aliphatic carbocycles. The van der Waals surface area contributed by atoms with Crippen molar-refractivity contribution in [1.29, 1.82) is 0 Å². The quantitative estimate of drug-likeness (QED) is 0.112. The number of benzene rings is 4. The summed E-state index contributed by atoms with van der Waals surface area (Å²) in [5.74, 6) is -3.52. The number of aromatic nitrogens is 6. The van der Waals surface area contributed by atoms with Gasteiger partial charge in [0.15, 0.2) is 0 Å². The maximum Gasteiger partial charge on any atom is 0.309 e. The predicted octanol–water partition coefficient (Wildman–Crippen LogP) is 3.17. The first kappa shape index (κ1) is 37.5. The van der Waals surface area contributed by atoms with Crippen LogP contribution in [0.25, 0.3) is 33.4 Å². The van der Waals surface area contributed by atoms with Gasteiger partial charge in [-0.3, -0.25) is 19.2 Å². The third-order valence-corrected chi connectivity index (χ3v) is 9.97. The third kappa shape index (κ3) is 8.13. The summed E-state index contributed by atoms with van der Waals surface area (Å²) in [6.45, 7) is 3.74. The number of rotatable bonds is 10. The van der Waals surface area contributed by atoms with E-state index < -0.39 is 23.6 Å². The molecule has 0 bridgehead atoms. The van der Waals surface area contributed by atoms with Crippen molar-refractivity contribution in [3.8, 4) is 22.9 Å². The summed E-state index contributed by atoms with van der Waals surface area (Å²) < 4.78 is 0. The maximum absolute atomic E-state index is 12.8. The first-order valence-corrected chi connectivity index (χ1v) is 18.6. The average Bonchev–Trinajstić information content (AvgIpc) is 3.85. The predicted molar refractivity (Wildman–Crippen MR) is 206 cm³/mol. The van der Waals surface area contributed by atoms with Crippen molar-refractivity contribution < 1.29 is 29.4 Å². The number of phenolic OH excluding ortho intramolecular Hbond substituents is 2. The van der Waals surface area contributed by atoms with Crippen molar-refractivity contribution in [2.24, 2.45) is 0 Å². The summed E-state index contributed by atoms with van der Waals surface area (Å²) in [7, 11) is 0. The minimum Gasteiger partial charge on any atom is -0.505 e. The Bertz CT molecular complexity index is 2210. The number of nitrogens with one attached hydrogen (secondary N) is 4. The van der Waals surface area contributed by atoms with Gasteiger partial charge in [-0.2, -0.15) is 0 Å². The Morgan fingerprint density at radius 2 is 0.911 bits per heavy atom. The molecule has 0 atom stereocenters. The molecule has 2 aromatic heterocycles. The summed E-state index contributed by atoms with van der Waals surface area (Å²) >= 11 is 0. The summed E-state index contributed by atoms with van der Waals surface area (Å²) in [4.78, 5) is 54.0. The van der Waals surface area contributed by atoms with E-state index in [1.807, 2.05) is 62.4 Å². The van der Waals surface area contributed by atoms with Gasteiger partial charge in [-0.25, -0.2) is 0 Å². The van der Waals surface area contributed by atoms with Crippen LogP contribution in [0.4, 0.5) is 0 Å². The molecule has 0 spiro atoms. The van der Waals surface area contributed by atoms with Crippen LogP contribution in [0.2, 0.25) is 0 Å². The molecule has 0 saturated heterocycles. The zero-order valence-electron chi connectivity index (χ0n) is 31.0. The Labute approximate surface area is 321 Å². The Kier molecular flexibility index (Phi) is 10.9. The number of hydrogen-bond donors (Lipinski definition) is 6. The van der Waals surface area contributed by atoms with E-state index in [0.717, 1.165) is 11.1 Å². The molecule has 4 aromatic carbocycles. The molecular formula is C40H42N10O6. The lowest BCUT2D eigenvalue weighted by Crippen LogP contribution is -2.49. The van der Waals surface area contributed by atoms with Crippen LogP contribution in [0.1, 0.15) is 61.8 Å². The molecule has 16 heteroatoms. The van der Waals surface area contributed by atoms with Crippen LogP contribution < -0.4 is 21.3 Å². The Balaban J connectivity index is 0.880. The average molecular weight is 759 g/mol. The Morgan fingerprint density at radius 3 is 1.23 bits per heavy atom. The van der Waals surface area contributed by atoms with E-state index in [4.69, 9.17) is 0 Å². The standard InChI is InChI=1S/C40H42N10O6/c1-3-23-17-25(35(51)33(19-23)49-45-29-9-5-6-10-30(29)46-49)21-41-37(53)39(55)43-27-13-15-28(16-14-27)44-40(56)38(54)42-22-26-18-24(4-2)20-34(36(26)52)50-47-31-11-7-8-12-32(31)48-50/h5-12,17-20,27-28,51-52H,3-4,13-16,21-22H2,1-2H3,(H,41,53)(H,42,54)(H,43,55)(H,44,56). The van der Waals surface area contributed by atoms with E-state index in [9.17, 15) is 29.4 Å². The van der Waals surface area contributed by atoms with Crippen molar-refractivity contribution in [2.45, 2.75) is 77.5 Å². The van der Waals surface area contributed by atoms with E-state index in [1.54, 1.807) is 24.3 Å². The highest BCUT2D eigenvalue weighted by Gasteiger charge is 2.27. The zero-order valence-corrected chi connectivity index (χ0v) is 31.0. The number of carbonyl (C=O) groups is 4. The lowest BCUT2D eigenvalue weighted by Gasteiger charge is -2.29. The van der Waals surface area contributed by atoms with Crippen LogP contribution in [0.3, 0.4) is 0 Å². The van der Waals surface area contributed by atoms with Gasteiger partial charge in [0.1, 0.15) is 44.9 Å². The Morgan fingerprint density at radius 1 is 0.571 bits per heavy atom. The number of amides is 4. The fourth-order valence-electron chi connectivity index (χ4n) is 6.80. The van der Waals surface area contributed by atoms with E-state index in [0.29, 0.717) is 83.1 Å². The van der Waals surface area contributed by atoms with Crippen molar-refractivity contribution in [3.63, 3.8) is 0 Å². The van der Waals surface area contributed by atoms with Gasteiger partial charge in [0, 0.05) is 36.3 Å². The third-order valence-electron chi connectivity index (χ3n) is 9.97. The number of aryl methyl sites for hydroxylation is 2. The van der Waals surface area contributed by atoms with Crippen LogP contribution in [-0.4, -0.2) is 75.9 Å². The van der Waals surface area contributed by atoms with Crippen molar-refractivity contribution >= 4 is 45.7 Å². The smallest absolute Gasteiger partial charge is 0.309 e. The monoisotopic (exact) mass is 758 g/mol. The molecule has 0 aliphatic heterocycles. The first-order chi connectivity index (χ1) is 27.1. The second-order valence-corrected chi connectivity index (χ2v) is 13.8. The molecule has 1 saturated carbocycles. The van der Waals surface area contributed by atoms with Crippen LogP contribution in [0, 0.1) is 0 Å². The van der Waals surface area contributed by atoms with Crippen LogP contribution in [0.15, 0.2) is 72.8 Å². The molecule has 0 radical (unpaired) electrons. The highest BCUT2D eigenvalue weighted by atomic mass is 16.3. The number of aromatic hydroxyl groups is 2. The molecule has 7 rings (SSSR count). The second kappa shape index (κ2) is 16.3.